The summed E-state index contributed by atoms with van der Waals surface area (Å²) in [5, 5.41) is 12.1. The van der Waals surface area contributed by atoms with Crippen molar-refractivity contribution in [1.82, 2.24) is 15.4 Å². The van der Waals surface area contributed by atoms with Crippen LogP contribution in [0.15, 0.2) is 48.4 Å². The highest BCUT2D eigenvalue weighted by Gasteiger charge is 2.21. The first-order valence-electron chi connectivity index (χ1n) is 9.05. The molecule has 0 saturated carbocycles. The first kappa shape index (κ1) is 20.3. The minimum absolute atomic E-state index is 0.209. The number of pyridine rings is 1. The maximum absolute atomic E-state index is 13.5. The molecule has 0 radical (unpaired) electrons. The predicted octanol–water partition coefficient (Wildman–Crippen LogP) is 3.63. The van der Waals surface area contributed by atoms with Crippen molar-refractivity contribution in [1.29, 1.82) is 0 Å². The molecule has 8 heteroatoms. The van der Waals surface area contributed by atoms with Crippen molar-refractivity contribution in [3.63, 3.8) is 0 Å². The van der Waals surface area contributed by atoms with E-state index in [0.29, 0.717) is 16.4 Å². The molecule has 1 saturated heterocycles. The largest absolute Gasteiger partial charge is 0.365 e. The van der Waals surface area contributed by atoms with Gasteiger partial charge in [0.05, 0.1) is 5.02 Å². The number of amides is 1. The number of aromatic nitrogens is 1. The van der Waals surface area contributed by atoms with Gasteiger partial charge in [-0.15, -0.1) is 0 Å². The fraction of sp³-hybridized carbons (Fsp3) is 0.300. The fourth-order valence-electron chi connectivity index (χ4n) is 3.26. The lowest BCUT2D eigenvalue weighted by Gasteiger charge is -2.33. The van der Waals surface area contributed by atoms with Crippen LogP contribution in [0.3, 0.4) is 0 Å². The molecule has 1 aliphatic rings. The number of piperidine rings is 1. The van der Waals surface area contributed by atoms with Gasteiger partial charge in [-0.25, -0.2) is 14.9 Å². The maximum Gasteiger partial charge on any atom is 0.303 e. The summed E-state index contributed by atoms with van der Waals surface area (Å²) in [6.45, 7) is 2.82. The van der Waals surface area contributed by atoms with Gasteiger partial charge in [0.25, 0.3) is 0 Å². The molecule has 1 aromatic heterocycles. The smallest absolute Gasteiger partial charge is 0.303 e. The second-order valence-electron chi connectivity index (χ2n) is 6.74. The van der Waals surface area contributed by atoms with Crippen molar-refractivity contribution in [2.75, 3.05) is 18.4 Å². The van der Waals surface area contributed by atoms with E-state index in [4.69, 9.17) is 16.8 Å². The van der Waals surface area contributed by atoms with Crippen LogP contribution in [-0.2, 0) is 11.3 Å². The Balaban J connectivity index is 1.62. The van der Waals surface area contributed by atoms with Crippen LogP contribution in [0.2, 0.25) is 5.02 Å². The van der Waals surface area contributed by atoms with Gasteiger partial charge in [0.1, 0.15) is 5.82 Å². The van der Waals surface area contributed by atoms with Crippen LogP contribution < -0.4 is 10.8 Å². The molecule has 3 rings (SSSR count). The van der Waals surface area contributed by atoms with Crippen LogP contribution in [0.5, 0.6) is 0 Å². The Kier molecular flexibility index (Phi) is 6.97. The van der Waals surface area contributed by atoms with Gasteiger partial charge in [0, 0.05) is 25.3 Å². The van der Waals surface area contributed by atoms with E-state index in [1.807, 2.05) is 18.2 Å². The number of anilines is 1. The number of benzene rings is 1. The number of likely N-dealkylation sites (tertiary alicyclic amines) is 1. The zero-order chi connectivity index (χ0) is 19.9. The van der Waals surface area contributed by atoms with E-state index in [1.165, 1.54) is 23.3 Å². The van der Waals surface area contributed by atoms with Gasteiger partial charge >= 0.3 is 5.91 Å². The van der Waals surface area contributed by atoms with Crippen molar-refractivity contribution in [3.8, 4) is 0 Å². The minimum atomic E-state index is -1.22. The molecule has 0 unspecified atom stereocenters. The first-order chi connectivity index (χ1) is 13.5. The van der Waals surface area contributed by atoms with Crippen molar-refractivity contribution in [2.24, 2.45) is 0 Å². The van der Waals surface area contributed by atoms with Gasteiger partial charge in [0.15, 0.2) is 5.83 Å². The number of carbonyl (C=O) groups excluding carboxylic acids is 1. The Morgan fingerprint density at radius 2 is 2.18 bits per heavy atom. The molecule has 1 aromatic carbocycles. The highest BCUT2D eigenvalue weighted by molar-refractivity contribution is 6.33. The van der Waals surface area contributed by atoms with E-state index in [2.05, 4.69) is 27.3 Å². The summed E-state index contributed by atoms with van der Waals surface area (Å²) < 4.78 is 13.5. The summed E-state index contributed by atoms with van der Waals surface area (Å²) in [5.41, 5.74) is 2.84. The Labute approximate surface area is 168 Å². The van der Waals surface area contributed by atoms with Crippen LogP contribution >= 0.6 is 11.6 Å². The average Bonchev–Trinajstić information content (AvgIpc) is 2.70. The highest BCUT2D eigenvalue weighted by atomic mass is 35.5. The van der Waals surface area contributed by atoms with Gasteiger partial charge in [-0.1, -0.05) is 41.9 Å². The molecule has 0 aliphatic carbocycles. The van der Waals surface area contributed by atoms with Crippen LogP contribution in [0, 0.1) is 0 Å². The van der Waals surface area contributed by atoms with Crippen LogP contribution in [0.25, 0.3) is 6.08 Å². The van der Waals surface area contributed by atoms with E-state index in [1.54, 1.807) is 0 Å². The SMILES string of the molecule is O=C(NO)C(F)=Cc1cnc(N[C@@H]2CCCN(Cc3ccccc3)C2)c(Cl)c1. The summed E-state index contributed by atoms with van der Waals surface area (Å²) in [6.07, 6.45) is 4.46. The number of hydroxylamine groups is 1. The molecule has 6 nitrogen and oxygen atoms in total. The zero-order valence-corrected chi connectivity index (χ0v) is 16.0. The number of carbonyl (C=O) groups is 1. The van der Waals surface area contributed by atoms with E-state index >= 15 is 0 Å². The third-order valence-corrected chi connectivity index (χ3v) is 4.86. The summed E-state index contributed by atoms with van der Waals surface area (Å²) in [5.74, 6) is -1.83. The topological polar surface area (TPSA) is 77.5 Å². The molecule has 1 aliphatic heterocycles. The summed E-state index contributed by atoms with van der Waals surface area (Å²) in [6, 6.07) is 12.1. The molecule has 0 spiro atoms. The number of nitrogens with one attached hydrogen (secondary N) is 2. The molecular weight excluding hydrogens is 383 g/mol. The lowest BCUT2D eigenvalue weighted by molar-refractivity contribution is -0.126. The minimum Gasteiger partial charge on any atom is -0.365 e. The van der Waals surface area contributed by atoms with E-state index in [-0.39, 0.29) is 6.04 Å². The van der Waals surface area contributed by atoms with Gasteiger partial charge in [0.2, 0.25) is 0 Å². The van der Waals surface area contributed by atoms with Crippen LogP contribution in [0.4, 0.5) is 10.2 Å². The second-order valence-corrected chi connectivity index (χ2v) is 7.14. The van der Waals surface area contributed by atoms with E-state index in [9.17, 15) is 9.18 Å². The lowest BCUT2D eigenvalue weighted by atomic mass is 10.0. The van der Waals surface area contributed by atoms with Gasteiger partial charge in [-0.2, -0.15) is 0 Å². The van der Waals surface area contributed by atoms with E-state index in [0.717, 1.165) is 38.6 Å². The number of halogens is 2. The zero-order valence-electron chi connectivity index (χ0n) is 15.2. The van der Waals surface area contributed by atoms with Gasteiger partial charge in [-0.05, 0) is 42.7 Å². The van der Waals surface area contributed by atoms with Gasteiger partial charge < -0.3 is 5.32 Å². The third-order valence-electron chi connectivity index (χ3n) is 4.57. The third kappa shape index (κ3) is 5.51. The Morgan fingerprint density at radius 1 is 1.39 bits per heavy atom. The fourth-order valence-corrected chi connectivity index (χ4v) is 3.48. The molecule has 28 heavy (non-hydrogen) atoms. The Bertz CT molecular complexity index is 847. The van der Waals surface area contributed by atoms with E-state index < -0.39 is 11.7 Å². The normalized spacial score (nSPS) is 18.0. The molecule has 1 amide bonds. The summed E-state index contributed by atoms with van der Waals surface area (Å²) in [7, 11) is 0. The number of rotatable bonds is 6. The molecule has 148 valence electrons. The molecule has 0 bridgehead atoms. The molecule has 2 heterocycles. The Hall–Kier alpha value is -2.48. The van der Waals surface area contributed by atoms with Crippen molar-refractivity contribution in [3.05, 3.63) is 64.6 Å². The quantitative estimate of drug-likeness (QED) is 0.389. The van der Waals surface area contributed by atoms with Gasteiger partial charge in [-0.3, -0.25) is 14.9 Å². The molecule has 1 atom stereocenters. The monoisotopic (exact) mass is 404 g/mol. The summed E-state index contributed by atoms with van der Waals surface area (Å²) in [4.78, 5) is 17.7. The molecule has 1 fully saturated rings. The van der Waals surface area contributed by atoms with Crippen LogP contribution in [-0.4, -0.2) is 40.1 Å². The van der Waals surface area contributed by atoms with Crippen molar-refractivity contribution in [2.45, 2.75) is 25.4 Å². The second kappa shape index (κ2) is 9.64. The standard InChI is InChI=1S/C20H22ClFN4O2/c21-17-9-15(10-18(22)20(27)25-28)11-23-19(17)24-16-7-4-8-26(13-16)12-14-5-2-1-3-6-14/h1-3,5-6,9-11,16,28H,4,7-8,12-13H2,(H,23,24)(H,25,27)/t16-/m1/s1. The number of hydrogen-bond donors (Lipinski definition) is 3. The lowest BCUT2D eigenvalue weighted by Crippen LogP contribution is -2.41. The van der Waals surface area contributed by atoms with Crippen molar-refractivity contribution >= 4 is 29.4 Å². The van der Waals surface area contributed by atoms with Crippen molar-refractivity contribution < 1.29 is 14.4 Å². The number of hydrogen-bond acceptors (Lipinski definition) is 5. The number of nitrogens with zero attached hydrogens (tertiary/aromatic N) is 2. The van der Waals surface area contributed by atoms with Crippen LogP contribution in [0.1, 0.15) is 24.0 Å². The summed E-state index contributed by atoms with van der Waals surface area (Å²) >= 11 is 6.27. The molecule has 3 N–H and O–H groups in total. The first-order valence-corrected chi connectivity index (χ1v) is 9.43. The average molecular weight is 405 g/mol. The molecule has 2 aromatic rings. The predicted molar refractivity (Wildman–Crippen MR) is 107 cm³/mol. The molecular formula is C20H22ClFN4O2. The Morgan fingerprint density at radius 3 is 2.89 bits per heavy atom. The maximum atomic E-state index is 13.5. The highest BCUT2D eigenvalue weighted by Crippen LogP contribution is 2.24.